The Morgan fingerprint density at radius 2 is 2.30 bits per heavy atom. The first-order valence-electron chi connectivity index (χ1n) is 7.94. The van der Waals surface area contributed by atoms with Crippen molar-refractivity contribution in [2.24, 2.45) is 5.92 Å². The Balaban J connectivity index is 1.83. The highest BCUT2D eigenvalue weighted by atomic mass is 16.2. The third-order valence-corrected chi connectivity index (χ3v) is 4.69. The number of aryl methyl sites for hydroxylation is 1. The first-order valence-corrected chi connectivity index (χ1v) is 7.94. The summed E-state index contributed by atoms with van der Waals surface area (Å²) in [6, 6.07) is 6.15. The van der Waals surface area contributed by atoms with Gasteiger partial charge in [-0.25, -0.2) is 0 Å². The van der Waals surface area contributed by atoms with Crippen LogP contribution in [0.4, 0.5) is 5.69 Å². The van der Waals surface area contributed by atoms with Crippen LogP contribution in [0.1, 0.15) is 48.5 Å². The fraction of sp³-hybridized carbons (Fsp3) is 0.588. The van der Waals surface area contributed by atoms with Crippen LogP contribution in [0.25, 0.3) is 0 Å². The SMILES string of the molecule is CCC1CCCN(C(=O)c2cccc3c2NCCC3)C1. The lowest BCUT2D eigenvalue weighted by atomic mass is 9.94. The highest BCUT2D eigenvalue weighted by molar-refractivity contribution is 6.00. The summed E-state index contributed by atoms with van der Waals surface area (Å²) in [5.74, 6) is 0.898. The minimum atomic E-state index is 0.217. The maximum Gasteiger partial charge on any atom is 0.255 e. The van der Waals surface area contributed by atoms with E-state index in [0.717, 1.165) is 50.1 Å². The van der Waals surface area contributed by atoms with E-state index in [1.54, 1.807) is 0 Å². The molecule has 0 bridgehead atoms. The van der Waals surface area contributed by atoms with Gasteiger partial charge in [-0.3, -0.25) is 4.79 Å². The predicted octanol–water partition coefficient (Wildman–Crippen LogP) is 3.31. The van der Waals surface area contributed by atoms with Gasteiger partial charge in [-0.15, -0.1) is 0 Å². The third kappa shape index (κ3) is 2.54. The number of piperidine rings is 1. The summed E-state index contributed by atoms with van der Waals surface area (Å²) in [6.45, 7) is 5.05. The number of likely N-dealkylation sites (tertiary alicyclic amines) is 1. The van der Waals surface area contributed by atoms with Gasteiger partial charge < -0.3 is 10.2 Å². The van der Waals surface area contributed by atoms with Crippen LogP contribution >= 0.6 is 0 Å². The van der Waals surface area contributed by atoms with E-state index in [2.05, 4.69) is 23.2 Å². The number of para-hydroxylation sites is 1. The van der Waals surface area contributed by atoms with Crippen LogP contribution in [0.2, 0.25) is 0 Å². The zero-order valence-electron chi connectivity index (χ0n) is 12.3. The van der Waals surface area contributed by atoms with E-state index in [1.165, 1.54) is 18.4 Å². The van der Waals surface area contributed by atoms with Crippen molar-refractivity contribution in [2.45, 2.75) is 39.0 Å². The van der Waals surface area contributed by atoms with Crippen molar-refractivity contribution in [3.05, 3.63) is 29.3 Å². The lowest BCUT2D eigenvalue weighted by Crippen LogP contribution is -2.40. The molecule has 0 radical (unpaired) electrons. The fourth-order valence-corrected chi connectivity index (χ4v) is 3.44. The van der Waals surface area contributed by atoms with Gasteiger partial charge in [-0.2, -0.15) is 0 Å². The van der Waals surface area contributed by atoms with Crippen LogP contribution in [0, 0.1) is 5.92 Å². The van der Waals surface area contributed by atoms with E-state index in [4.69, 9.17) is 0 Å². The molecule has 0 aromatic heterocycles. The monoisotopic (exact) mass is 272 g/mol. The predicted molar refractivity (Wildman–Crippen MR) is 82.2 cm³/mol. The van der Waals surface area contributed by atoms with Crippen molar-refractivity contribution in [1.29, 1.82) is 0 Å². The molecule has 1 aromatic carbocycles. The Morgan fingerprint density at radius 3 is 3.15 bits per heavy atom. The van der Waals surface area contributed by atoms with Crippen molar-refractivity contribution < 1.29 is 4.79 Å². The summed E-state index contributed by atoms with van der Waals surface area (Å²) < 4.78 is 0. The molecule has 2 aliphatic rings. The number of rotatable bonds is 2. The molecule has 20 heavy (non-hydrogen) atoms. The van der Waals surface area contributed by atoms with Gasteiger partial charge in [0.2, 0.25) is 0 Å². The van der Waals surface area contributed by atoms with E-state index in [0.29, 0.717) is 5.92 Å². The molecule has 0 spiro atoms. The minimum absolute atomic E-state index is 0.217. The van der Waals surface area contributed by atoms with Crippen LogP contribution < -0.4 is 5.32 Å². The number of carbonyl (C=O) groups excluding carboxylic acids is 1. The summed E-state index contributed by atoms with van der Waals surface area (Å²) in [6.07, 6.45) is 5.83. The molecule has 108 valence electrons. The lowest BCUT2D eigenvalue weighted by Gasteiger charge is -2.33. The average Bonchev–Trinajstić information content (AvgIpc) is 2.53. The molecule has 1 amide bonds. The average molecular weight is 272 g/mol. The Kier molecular flexibility index (Phi) is 3.95. The smallest absolute Gasteiger partial charge is 0.255 e. The molecule has 1 N–H and O–H groups in total. The third-order valence-electron chi connectivity index (χ3n) is 4.69. The van der Waals surface area contributed by atoms with Gasteiger partial charge in [0.25, 0.3) is 5.91 Å². The molecule has 3 rings (SSSR count). The molecular formula is C17H24N2O. The maximum absolute atomic E-state index is 12.8. The van der Waals surface area contributed by atoms with Gasteiger partial charge in [0.1, 0.15) is 0 Å². The summed E-state index contributed by atoms with van der Waals surface area (Å²) >= 11 is 0. The zero-order chi connectivity index (χ0) is 13.9. The molecule has 1 unspecified atom stereocenters. The number of nitrogens with zero attached hydrogens (tertiary/aromatic N) is 1. The molecule has 0 aliphatic carbocycles. The van der Waals surface area contributed by atoms with Crippen LogP contribution in [-0.4, -0.2) is 30.4 Å². The second-order valence-electron chi connectivity index (χ2n) is 6.04. The number of hydrogen-bond acceptors (Lipinski definition) is 2. The van der Waals surface area contributed by atoms with Gasteiger partial charge >= 0.3 is 0 Å². The molecule has 0 saturated carbocycles. The summed E-state index contributed by atoms with van der Waals surface area (Å²) in [4.78, 5) is 14.9. The van der Waals surface area contributed by atoms with E-state index in [9.17, 15) is 4.79 Å². The topological polar surface area (TPSA) is 32.3 Å². The van der Waals surface area contributed by atoms with E-state index in [1.807, 2.05) is 12.1 Å². The molecule has 2 heterocycles. The Bertz CT molecular complexity index is 498. The molecule has 1 atom stereocenters. The van der Waals surface area contributed by atoms with Gasteiger partial charge in [-0.05, 0) is 43.2 Å². The summed E-state index contributed by atoms with van der Waals surface area (Å²) in [7, 11) is 0. The quantitative estimate of drug-likeness (QED) is 0.896. The first kappa shape index (κ1) is 13.5. The minimum Gasteiger partial charge on any atom is -0.384 e. The van der Waals surface area contributed by atoms with Crippen molar-refractivity contribution in [2.75, 3.05) is 25.0 Å². The largest absolute Gasteiger partial charge is 0.384 e. The Labute approximate surface area is 121 Å². The van der Waals surface area contributed by atoms with Gasteiger partial charge in [0.05, 0.1) is 11.3 Å². The van der Waals surface area contributed by atoms with E-state index < -0.39 is 0 Å². The maximum atomic E-state index is 12.8. The van der Waals surface area contributed by atoms with Crippen LogP contribution in [0.3, 0.4) is 0 Å². The summed E-state index contributed by atoms with van der Waals surface area (Å²) in [5.41, 5.74) is 3.26. The van der Waals surface area contributed by atoms with Crippen LogP contribution in [0.5, 0.6) is 0 Å². The fourth-order valence-electron chi connectivity index (χ4n) is 3.44. The summed E-state index contributed by atoms with van der Waals surface area (Å²) in [5, 5.41) is 3.43. The van der Waals surface area contributed by atoms with Crippen LogP contribution in [0.15, 0.2) is 18.2 Å². The first-order chi connectivity index (χ1) is 9.79. The Hall–Kier alpha value is -1.51. The number of hydrogen-bond donors (Lipinski definition) is 1. The lowest BCUT2D eigenvalue weighted by molar-refractivity contribution is 0.0672. The highest BCUT2D eigenvalue weighted by Crippen LogP contribution is 2.28. The molecule has 1 saturated heterocycles. The molecule has 1 fully saturated rings. The highest BCUT2D eigenvalue weighted by Gasteiger charge is 2.26. The Morgan fingerprint density at radius 1 is 1.40 bits per heavy atom. The number of nitrogens with one attached hydrogen (secondary N) is 1. The van der Waals surface area contributed by atoms with Crippen LogP contribution in [-0.2, 0) is 6.42 Å². The second-order valence-corrected chi connectivity index (χ2v) is 6.04. The number of carbonyl (C=O) groups is 1. The second kappa shape index (κ2) is 5.86. The number of anilines is 1. The number of amides is 1. The van der Waals surface area contributed by atoms with Gasteiger partial charge in [0, 0.05) is 19.6 Å². The molecule has 1 aromatic rings. The van der Waals surface area contributed by atoms with Gasteiger partial charge in [0.15, 0.2) is 0 Å². The van der Waals surface area contributed by atoms with E-state index in [-0.39, 0.29) is 5.91 Å². The zero-order valence-corrected chi connectivity index (χ0v) is 12.3. The molecule has 3 nitrogen and oxygen atoms in total. The standard InChI is InChI=1S/C17H24N2O/c1-2-13-6-5-11-19(12-13)17(20)15-9-3-7-14-8-4-10-18-16(14)15/h3,7,9,13,18H,2,4-6,8,10-12H2,1H3. The number of benzene rings is 1. The van der Waals surface area contributed by atoms with Crippen molar-refractivity contribution >= 4 is 11.6 Å². The molecule has 3 heteroatoms. The molecule has 2 aliphatic heterocycles. The van der Waals surface area contributed by atoms with Crippen molar-refractivity contribution in [3.63, 3.8) is 0 Å². The van der Waals surface area contributed by atoms with Gasteiger partial charge in [-0.1, -0.05) is 25.5 Å². The van der Waals surface area contributed by atoms with Crippen molar-refractivity contribution in [3.8, 4) is 0 Å². The molecular weight excluding hydrogens is 248 g/mol. The number of fused-ring (bicyclic) bond motifs is 1. The van der Waals surface area contributed by atoms with Crippen molar-refractivity contribution in [1.82, 2.24) is 4.90 Å². The normalized spacial score (nSPS) is 22.1. The van der Waals surface area contributed by atoms with E-state index >= 15 is 0 Å².